The van der Waals surface area contributed by atoms with E-state index in [4.69, 9.17) is 9.47 Å². The summed E-state index contributed by atoms with van der Waals surface area (Å²) in [4.78, 5) is 3.30. The fourth-order valence-corrected chi connectivity index (χ4v) is 2.48. The van der Waals surface area contributed by atoms with Crippen molar-refractivity contribution < 1.29 is 31.7 Å². The van der Waals surface area contributed by atoms with Crippen LogP contribution in [0, 0.1) is 6.92 Å². The molecule has 0 saturated heterocycles. The molecule has 168 valence electrons. The zero-order valence-electron chi connectivity index (χ0n) is 17.7. The first kappa shape index (κ1) is 24.6. The number of benzene rings is 3. The highest BCUT2D eigenvalue weighted by Crippen LogP contribution is 2.24. The lowest BCUT2D eigenvalue weighted by atomic mass is 10.2. The number of nitrogens with zero attached hydrogens (tertiary/aromatic N) is 2. The maximum atomic E-state index is 9.75. The van der Waals surface area contributed by atoms with Crippen LogP contribution in [0.4, 0.5) is 34.3 Å². The van der Waals surface area contributed by atoms with Gasteiger partial charge in [-0.3, -0.25) is 0 Å². The Kier molecular flexibility index (Phi) is 8.94. The van der Waals surface area contributed by atoms with Gasteiger partial charge in [0.1, 0.15) is 11.5 Å². The van der Waals surface area contributed by atoms with Crippen molar-refractivity contribution in [3.05, 3.63) is 77.9 Å². The third kappa shape index (κ3) is 8.99. The third-order valence-corrected chi connectivity index (χ3v) is 4.06. The van der Waals surface area contributed by atoms with Gasteiger partial charge in [-0.2, -0.15) is 10.2 Å². The first-order valence-electron chi connectivity index (χ1n) is 9.45. The van der Waals surface area contributed by atoms with Crippen LogP contribution in [-0.4, -0.2) is 27.7 Å². The quantitative estimate of drug-likeness (QED) is 0.233. The lowest BCUT2D eigenvalue weighted by Gasteiger charge is -2.00. The van der Waals surface area contributed by atoms with E-state index in [0.717, 1.165) is 39.7 Å². The highest BCUT2D eigenvalue weighted by Gasteiger charge is 2.20. The molecule has 0 spiro atoms. The number of aryl methyl sites for hydroxylation is 1. The Morgan fingerprint density at radius 1 is 0.781 bits per heavy atom. The molecule has 0 radical (unpaired) electrons. The third-order valence-electron chi connectivity index (χ3n) is 4.06. The van der Waals surface area contributed by atoms with Crippen LogP contribution in [-0.2, 0) is 0 Å². The van der Waals surface area contributed by atoms with Crippen LogP contribution >= 0.6 is 0 Å². The monoisotopic (exact) mass is 447 g/mol. The molecule has 1 N–H and O–H groups in total. The van der Waals surface area contributed by atoms with Crippen LogP contribution in [0.2, 0.25) is 0 Å². The standard InChI is InChI=1S/C22H21N3O2.BF4/c1-16-14-19(23-15-17-4-9-20(26-2)10-5-17)8-13-22(16)25-24-18-6-11-21(27-3)12-7-18;2-1(3,4)5/h4-15H,1-3H3;/q;-1/p+1. The zero-order chi connectivity index (χ0) is 23.6. The molecular formula is C22H22BF4N3O2. The number of ether oxygens (including phenoxy) is 2. The van der Waals surface area contributed by atoms with Gasteiger partial charge in [-0.05, 0) is 67.1 Å². The molecule has 3 aromatic carbocycles. The average Bonchev–Trinajstić information content (AvgIpc) is 2.76. The predicted octanol–water partition coefficient (Wildman–Crippen LogP) is 5.56. The molecule has 0 bridgehead atoms. The number of rotatable bonds is 6. The summed E-state index contributed by atoms with van der Waals surface area (Å²) in [6, 6.07) is 21.3. The summed E-state index contributed by atoms with van der Waals surface area (Å²) in [5, 5.41) is 8.62. The van der Waals surface area contributed by atoms with E-state index in [1.165, 1.54) is 0 Å². The molecule has 32 heavy (non-hydrogen) atoms. The molecule has 5 nitrogen and oxygen atoms in total. The van der Waals surface area contributed by atoms with Gasteiger partial charge in [-0.1, -0.05) is 0 Å². The van der Waals surface area contributed by atoms with Gasteiger partial charge in [0.15, 0.2) is 6.21 Å². The minimum Gasteiger partial charge on any atom is -0.497 e. The summed E-state index contributed by atoms with van der Waals surface area (Å²) in [5.41, 5.74) is 4.72. The Hall–Kier alpha value is -3.69. The van der Waals surface area contributed by atoms with Crippen molar-refractivity contribution in [2.45, 2.75) is 6.92 Å². The summed E-state index contributed by atoms with van der Waals surface area (Å²) >= 11 is 0. The number of halogens is 4. The van der Waals surface area contributed by atoms with Gasteiger partial charge in [-0.25, -0.2) is 4.99 Å². The van der Waals surface area contributed by atoms with Crippen molar-refractivity contribution >= 4 is 30.5 Å². The number of hydrogen-bond acceptors (Lipinski definition) is 4. The maximum Gasteiger partial charge on any atom is 0.673 e. The molecule has 0 unspecified atom stereocenters. The van der Waals surface area contributed by atoms with Gasteiger partial charge in [0.2, 0.25) is 5.69 Å². The lowest BCUT2D eigenvalue weighted by molar-refractivity contribution is -0.346. The van der Waals surface area contributed by atoms with Crippen LogP contribution in [0.15, 0.2) is 77.0 Å². The van der Waals surface area contributed by atoms with Gasteiger partial charge in [0, 0.05) is 17.7 Å². The second-order valence-corrected chi connectivity index (χ2v) is 6.46. The molecule has 0 aromatic heterocycles. The summed E-state index contributed by atoms with van der Waals surface area (Å²) in [6.07, 6.45) is 1.95. The molecule has 0 fully saturated rings. The topological polar surface area (TPSA) is 57.2 Å². The largest absolute Gasteiger partial charge is 0.673 e. The van der Waals surface area contributed by atoms with Crippen molar-refractivity contribution in [3.8, 4) is 11.5 Å². The molecule has 0 amide bonds. The SMILES string of the molecule is COc1ccc(C=[NH+]c2ccc(N=Nc3ccc(OC)cc3)c(C)c2)cc1.F[B-](F)(F)F. The van der Waals surface area contributed by atoms with Gasteiger partial charge in [-0.15, -0.1) is 0 Å². The predicted molar refractivity (Wildman–Crippen MR) is 117 cm³/mol. The number of hydrogen-bond donors (Lipinski definition) is 1. The van der Waals surface area contributed by atoms with Crippen molar-refractivity contribution in [1.82, 2.24) is 0 Å². The second-order valence-electron chi connectivity index (χ2n) is 6.46. The van der Waals surface area contributed by atoms with Crippen molar-refractivity contribution in [2.24, 2.45) is 10.2 Å². The van der Waals surface area contributed by atoms with Gasteiger partial charge < -0.3 is 26.7 Å². The maximum absolute atomic E-state index is 9.75. The van der Waals surface area contributed by atoms with Crippen LogP contribution in [0.5, 0.6) is 11.5 Å². The molecule has 0 aliphatic carbocycles. The van der Waals surface area contributed by atoms with E-state index < -0.39 is 7.25 Å². The van der Waals surface area contributed by atoms with E-state index >= 15 is 0 Å². The highest BCUT2D eigenvalue weighted by atomic mass is 19.5. The average molecular weight is 447 g/mol. The molecule has 0 atom stereocenters. The summed E-state index contributed by atoms with van der Waals surface area (Å²) in [7, 11) is -2.70. The Bertz CT molecular complexity index is 1050. The molecule has 3 aromatic rings. The smallest absolute Gasteiger partial charge is 0.497 e. The van der Waals surface area contributed by atoms with Gasteiger partial charge in [0.05, 0.1) is 25.6 Å². The fourth-order valence-electron chi connectivity index (χ4n) is 2.48. The minimum absolute atomic E-state index is 0.783. The van der Waals surface area contributed by atoms with E-state index in [-0.39, 0.29) is 0 Å². The fraction of sp³-hybridized carbons (Fsp3) is 0.136. The number of azo groups is 1. The van der Waals surface area contributed by atoms with E-state index in [9.17, 15) is 17.3 Å². The molecule has 0 saturated carbocycles. The van der Waals surface area contributed by atoms with E-state index in [1.54, 1.807) is 14.2 Å². The number of nitrogens with one attached hydrogen (secondary N) is 1. The summed E-state index contributed by atoms with van der Waals surface area (Å²) < 4.78 is 49.3. The summed E-state index contributed by atoms with van der Waals surface area (Å²) in [5.74, 6) is 1.64. The minimum atomic E-state index is -6.00. The Morgan fingerprint density at radius 2 is 1.31 bits per heavy atom. The van der Waals surface area contributed by atoms with E-state index in [1.807, 2.05) is 79.9 Å². The van der Waals surface area contributed by atoms with Crippen LogP contribution in [0.25, 0.3) is 0 Å². The van der Waals surface area contributed by atoms with Crippen LogP contribution < -0.4 is 14.5 Å². The molecule has 0 aliphatic rings. The second kappa shape index (κ2) is 11.6. The number of methoxy groups -OCH3 is 2. The van der Waals surface area contributed by atoms with Gasteiger partial charge >= 0.3 is 7.25 Å². The zero-order valence-corrected chi connectivity index (χ0v) is 17.7. The first-order chi connectivity index (χ1) is 15.2. The normalized spacial score (nSPS) is 11.3. The molecular weight excluding hydrogens is 425 g/mol. The van der Waals surface area contributed by atoms with Crippen LogP contribution in [0.3, 0.4) is 0 Å². The lowest BCUT2D eigenvalue weighted by Crippen LogP contribution is -2.61. The molecule has 0 aliphatic heterocycles. The first-order valence-corrected chi connectivity index (χ1v) is 9.45. The molecule has 0 heterocycles. The van der Waals surface area contributed by atoms with Crippen molar-refractivity contribution in [1.29, 1.82) is 0 Å². The van der Waals surface area contributed by atoms with E-state index in [0.29, 0.717) is 0 Å². The molecule has 10 heteroatoms. The Morgan fingerprint density at radius 3 is 1.81 bits per heavy atom. The highest BCUT2D eigenvalue weighted by molar-refractivity contribution is 6.50. The van der Waals surface area contributed by atoms with Crippen LogP contribution in [0.1, 0.15) is 11.1 Å². The Labute approximate surface area is 183 Å². The van der Waals surface area contributed by atoms with Gasteiger partial charge in [0.25, 0.3) is 0 Å². The summed E-state index contributed by atoms with van der Waals surface area (Å²) in [6.45, 7) is 2.01. The Balaban J connectivity index is 0.000000654. The van der Waals surface area contributed by atoms with E-state index in [2.05, 4.69) is 15.2 Å². The molecule has 3 rings (SSSR count). The van der Waals surface area contributed by atoms with Crippen molar-refractivity contribution in [3.63, 3.8) is 0 Å². The van der Waals surface area contributed by atoms with Crippen molar-refractivity contribution in [2.75, 3.05) is 14.2 Å².